The highest BCUT2D eigenvalue weighted by Crippen LogP contribution is 2.22. The van der Waals surface area contributed by atoms with Gasteiger partial charge in [-0.1, -0.05) is 0 Å². The van der Waals surface area contributed by atoms with Crippen molar-refractivity contribution in [1.82, 2.24) is 9.80 Å². The number of carboxylic acid groups (broad SMARTS) is 2. The van der Waals surface area contributed by atoms with Crippen LogP contribution < -0.4 is 0 Å². The summed E-state index contributed by atoms with van der Waals surface area (Å²) in [6, 6.07) is -4.31. The molecule has 0 radical (unpaired) electrons. The Labute approximate surface area is 122 Å². The average Bonchev–Trinajstić information content (AvgIpc) is 2.91. The third-order valence-corrected chi connectivity index (χ3v) is 3.18. The van der Waals surface area contributed by atoms with Crippen LogP contribution in [0.4, 0.5) is 0 Å². The van der Waals surface area contributed by atoms with Gasteiger partial charge in [0.15, 0.2) is 12.1 Å². The molecule has 0 saturated heterocycles. The molecule has 3 unspecified atom stereocenters. The molecular weight excluding hydrogens is 300 g/mol. The number of rotatable bonds is 5. The van der Waals surface area contributed by atoms with Gasteiger partial charge in [0, 0.05) is 18.2 Å². The molecule has 22 heavy (non-hydrogen) atoms. The zero-order valence-corrected chi connectivity index (χ0v) is 10.8. The summed E-state index contributed by atoms with van der Waals surface area (Å²) < 4.78 is 0. The zero-order valence-electron chi connectivity index (χ0n) is 10.8. The van der Waals surface area contributed by atoms with E-state index in [2.05, 4.69) is 0 Å². The standard InChI is InChI=1S/C12H10N2O8/c15-5-1-2-6(16)13(5)9(11(19)20)10(12(21)22)14-7(17)3-4-8(14)18/h1-5,9-10,15H,(H,19,20)(H,21,22). The number of nitrogens with zero attached hydrogens (tertiary/aromatic N) is 2. The van der Waals surface area contributed by atoms with Crippen LogP contribution in [0.1, 0.15) is 0 Å². The third-order valence-electron chi connectivity index (χ3n) is 3.18. The van der Waals surface area contributed by atoms with Gasteiger partial charge in [-0.3, -0.25) is 24.2 Å². The van der Waals surface area contributed by atoms with E-state index in [1.54, 1.807) is 0 Å². The van der Waals surface area contributed by atoms with Crippen LogP contribution in [0.15, 0.2) is 24.3 Å². The Balaban J connectivity index is 2.46. The molecule has 116 valence electrons. The number of aliphatic hydroxyl groups is 1. The van der Waals surface area contributed by atoms with Crippen LogP contribution >= 0.6 is 0 Å². The predicted molar refractivity (Wildman–Crippen MR) is 65.8 cm³/mol. The van der Waals surface area contributed by atoms with Gasteiger partial charge in [-0.2, -0.15) is 0 Å². The van der Waals surface area contributed by atoms with Crippen molar-refractivity contribution in [2.45, 2.75) is 18.3 Å². The van der Waals surface area contributed by atoms with Gasteiger partial charge in [0.25, 0.3) is 11.8 Å². The first-order valence-corrected chi connectivity index (χ1v) is 5.95. The fourth-order valence-electron chi connectivity index (χ4n) is 2.26. The quantitative estimate of drug-likeness (QED) is 0.472. The fraction of sp³-hybridized carbons (Fsp3) is 0.250. The maximum atomic E-state index is 11.7. The molecule has 2 aliphatic heterocycles. The third kappa shape index (κ3) is 2.35. The van der Waals surface area contributed by atoms with Gasteiger partial charge in [-0.15, -0.1) is 0 Å². The van der Waals surface area contributed by atoms with E-state index in [4.69, 9.17) is 0 Å². The van der Waals surface area contributed by atoms with Crippen molar-refractivity contribution in [2.75, 3.05) is 0 Å². The largest absolute Gasteiger partial charge is 0.480 e. The molecule has 0 aromatic rings. The Morgan fingerprint density at radius 2 is 1.41 bits per heavy atom. The molecular formula is C12H10N2O8. The molecule has 0 aliphatic carbocycles. The molecule has 0 saturated carbocycles. The predicted octanol–water partition coefficient (Wildman–Crippen LogP) is -2.47. The topological polar surface area (TPSA) is 153 Å². The highest BCUT2D eigenvalue weighted by Gasteiger charge is 2.50. The molecule has 3 N–H and O–H groups in total. The highest BCUT2D eigenvalue weighted by molar-refractivity contribution is 6.15. The van der Waals surface area contributed by atoms with E-state index in [-0.39, 0.29) is 4.90 Å². The van der Waals surface area contributed by atoms with E-state index < -0.39 is 48.0 Å². The van der Waals surface area contributed by atoms with Crippen molar-refractivity contribution in [3.8, 4) is 0 Å². The lowest BCUT2D eigenvalue weighted by Gasteiger charge is -2.34. The van der Waals surface area contributed by atoms with Crippen molar-refractivity contribution in [1.29, 1.82) is 0 Å². The molecule has 3 amide bonds. The van der Waals surface area contributed by atoms with Crippen molar-refractivity contribution in [3.63, 3.8) is 0 Å². The van der Waals surface area contributed by atoms with Gasteiger partial charge in [0.1, 0.15) is 6.23 Å². The van der Waals surface area contributed by atoms with Crippen molar-refractivity contribution in [3.05, 3.63) is 24.3 Å². The Morgan fingerprint density at radius 3 is 1.77 bits per heavy atom. The Hall–Kier alpha value is -3.01. The number of aliphatic hydroxyl groups excluding tert-OH is 1. The van der Waals surface area contributed by atoms with Crippen LogP contribution in [0.2, 0.25) is 0 Å². The number of carbonyl (C=O) groups excluding carboxylic acids is 3. The van der Waals surface area contributed by atoms with E-state index in [0.29, 0.717) is 4.90 Å². The minimum atomic E-state index is -2.17. The Morgan fingerprint density at radius 1 is 0.909 bits per heavy atom. The smallest absolute Gasteiger partial charge is 0.329 e. The number of hydrogen-bond donors (Lipinski definition) is 3. The highest BCUT2D eigenvalue weighted by atomic mass is 16.4. The van der Waals surface area contributed by atoms with Gasteiger partial charge in [0.2, 0.25) is 5.91 Å². The summed E-state index contributed by atoms with van der Waals surface area (Å²) in [5.41, 5.74) is 0. The maximum Gasteiger partial charge on any atom is 0.329 e. The lowest BCUT2D eigenvalue weighted by Crippen LogP contribution is -2.62. The molecule has 0 spiro atoms. The monoisotopic (exact) mass is 310 g/mol. The van der Waals surface area contributed by atoms with Crippen LogP contribution in [-0.2, 0) is 24.0 Å². The summed E-state index contributed by atoms with van der Waals surface area (Å²) in [4.78, 5) is 58.3. The molecule has 2 rings (SSSR count). The fourth-order valence-corrected chi connectivity index (χ4v) is 2.26. The van der Waals surface area contributed by atoms with E-state index in [9.17, 15) is 39.3 Å². The van der Waals surface area contributed by atoms with Crippen molar-refractivity contribution < 1.29 is 39.3 Å². The van der Waals surface area contributed by atoms with Gasteiger partial charge in [0.05, 0.1) is 0 Å². The zero-order chi connectivity index (χ0) is 16.6. The number of aliphatic carboxylic acids is 2. The van der Waals surface area contributed by atoms with Gasteiger partial charge in [-0.25, -0.2) is 9.59 Å². The first-order chi connectivity index (χ1) is 10.3. The van der Waals surface area contributed by atoms with Crippen LogP contribution in [-0.4, -0.2) is 73.1 Å². The summed E-state index contributed by atoms with van der Waals surface area (Å²) in [6.07, 6.45) is 1.74. The van der Waals surface area contributed by atoms with Crippen molar-refractivity contribution >= 4 is 29.7 Å². The van der Waals surface area contributed by atoms with Gasteiger partial charge >= 0.3 is 11.9 Å². The lowest BCUT2D eigenvalue weighted by molar-refractivity contribution is -0.168. The second-order valence-corrected chi connectivity index (χ2v) is 4.46. The van der Waals surface area contributed by atoms with E-state index in [1.807, 2.05) is 0 Å². The Bertz CT molecular complexity index is 619. The molecule has 2 aliphatic rings. The summed E-state index contributed by atoms with van der Waals surface area (Å²) >= 11 is 0. The second kappa shape index (κ2) is 5.41. The van der Waals surface area contributed by atoms with Crippen LogP contribution in [0.5, 0.6) is 0 Å². The molecule has 10 heteroatoms. The first-order valence-electron chi connectivity index (χ1n) is 5.95. The normalized spacial score (nSPS) is 23.3. The molecule has 0 fully saturated rings. The number of hydrogen-bond acceptors (Lipinski definition) is 6. The molecule has 0 aromatic heterocycles. The van der Waals surface area contributed by atoms with Crippen LogP contribution in [0.25, 0.3) is 0 Å². The van der Waals surface area contributed by atoms with Crippen LogP contribution in [0.3, 0.4) is 0 Å². The molecule has 0 aromatic carbocycles. The summed E-state index contributed by atoms with van der Waals surface area (Å²) in [5, 5.41) is 28.1. The van der Waals surface area contributed by atoms with E-state index in [0.717, 1.165) is 24.3 Å². The average molecular weight is 310 g/mol. The van der Waals surface area contributed by atoms with E-state index in [1.165, 1.54) is 0 Å². The minimum absolute atomic E-state index is 0.222. The second-order valence-electron chi connectivity index (χ2n) is 4.46. The van der Waals surface area contributed by atoms with Crippen molar-refractivity contribution in [2.24, 2.45) is 0 Å². The number of amides is 3. The minimum Gasteiger partial charge on any atom is -0.480 e. The SMILES string of the molecule is O=C(O)C(C(C(=O)O)N1C(=O)C=CC1O)N1C(=O)C=CC1=O. The van der Waals surface area contributed by atoms with Gasteiger partial charge in [-0.05, 0) is 6.08 Å². The molecule has 0 bridgehead atoms. The van der Waals surface area contributed by atoms with Crippen LogP contribution in [0, 0.1) is 0 Å². The summed E-state index contributed by atoms with van der Waals surface area (Å²) in [7, 11) is 0. The molecule has 2 heterocycles. The number of imide groups is 1. The first kappa shape index (κ1) is 15.4. The summed E-state index contributed by atoms with van der Waals surface area (Å²) in [6.45, 7) is 0. The summed E-state index contributed by atoms with van der Waals surface area (Å²) in [5.74, 6) is -6.56. The number of carbonyl (C=O) groups is 5. The molecule has 3 atom stereocenters. The van der Waals surface area contributed by atoms with E-state index >= 15 is 0 Å². The maximum absolute atomic E-state index is 11.7. The lowest BCUT2D eigenvalue weighted by atomic mass is 10.0. The Kier molecular flexibility index (Phi) is 3.78. The van der Waals surface area contributed by atoms with Gasteiger partial charge < -0.3 is 15.3 Å². The number of carboxylic acids is 2. The molecule has 10 nitrogen and oxygen atoms in total.